The van der Waals surface area contributed by atoms with Gasteiger partial charge in [0.1, 0.15) is 22.3 Å². The van der Waals surface area contributed by atoms with E-state index in [1.807, 2.05) is 12.1 Å². The second kappa shape index (κ2) is 10.1. The van der Waals surface area contributed by atoms with Crippen LogP contribution in [0.25, 0.3) is 77.3 Å². The maximum absolute atomic E-state index is 6.60. The lowest BCUT2D eigenvalue weighted by Gasteiger charge is -2.23. The minimum absolute atomic E-state index is 0.0122. The first-order chi connectivity index (χ1) is 24.5. The van der Waals surface area contributed by atoms with Crippen LogP contribution in [-0.4, -0.2) is 0 Å². The summed E-state index contributed by atoms with van der Waals surface area (Å²) < 4.78 is 12.8. The molecule has 2 heteroatoms. The Morgan fingerprint density at radius 2 is 1.10 bits per heavy atom. The van der Waals surface area contributed by atoms with E-state index in [9.17, 15) is 0 Å². The van der Waals surface area contributed by atoms with Gasteiger partial charge in [-0.15, -0.1) is 0 Å². The minimum Gasteiger partial charge on any atom is -0.456 e. The number of aryl methyl sites for hydroxylation is 1. The fraction of sp³-hybridized carbons (Fsp3) is 0.125. The molecule has 7 aromatic carbocycles. The first kappa shape index (κ1) is 28.0. The fourth-order valence-electron chi connectivity index (χ4n) is 9.37. The molecule has 238 valence electrons. The van der Waals surface area contributed by atoms with Crippen LogP contribution in [0.2, 0.25) is 0 Å². The maximum atomic E-state index is 6.60. The lowest BCUT2D eigenvalue weighted by Crippen LogP contribution is -2.15. The quantitative estimate of drug-likeness (QED) is 0.191. The van der Waals surface area contributed by atoms with Crippen molar-refractivity contribution in [2.75, 3.05) is 0 Å². The number of rotatable bonds is 4. The fourth-order valence-corrected chi connectivity index (χ4v) is 9.37. The van der Waals surface area contributed by atoms with Crippen molar-refractivity contribution in [3.63, 3.8) is 0 Å². The molecule has 0 radical (unpaired) electrons. The van der Waals surface area contributed by atoms with Gasteiger partial charge >= 0.3 is 0 Å². The zero-order valence-corrected chi connectivity index (χ0v) is 28.1. The van der Waals surface area contributed by atoms with Crippen LogP contribution in [0.3, 0.4) is 0 Å². The van der Waals surface area contributed by atoms with Gasteiger partial charge in [0.2, 0.25) is 0 Å². The number of fused-ring (bicyclic) bond motifs is 12. The van der Waals surface area contributed by atoms with Crippen LogP contribution >= 0.6 is 0 Å². The Bertz CT molecular complexity index is 2860. The Labute approximate surface area is 290 Å². The van der Waals surface area contributed by atoms with E-state index in [0.29, 0.717) is 5.92 Å². The van der Waals surface area contributed by atoms with Gasteiger partial charge in [-0.05, 0) is 104 Å². The van der Waals surface area contributed by atoms with Crippen LogP contribution in [-0.2, 0) is 11.8 Å². The predicted molar refractivity (Wildman–Crippen MR) is 206 cm³/mol. The second-order valence-electron chi connectivity index (χ2n) is 14.7. The highest BCUT2D eigenvalue weighted by Crippen LogP contribution is 2.55. The third kappa shape index (κ3) is 3.79. The molecule has 0 fully saturated rings. The van der Waals surface area contributed by atoms with E-state index in [0.717, 1.165) is 56.7 Å². The molecule has 0 bridgehead atoms. The summed E-state index contributed by atoms with van der Waals surface area (Å²) in [4.78, 5) is 0. The summed E-state index contributed by atoms with van der Waals surface area (Å²) in [5, 5.41) is 4.59. The topological polar surface area (TPSA) is 26.3 Å². The molecular formula is C48H34O2. The Morgan fingerprint density at radius 3 is 1.92 bits per heavy atom. The van der Waals surface area contributed by atoms with Crippen LogP contribution in [0, 0.1) is 0 Å². The molecule has 0 spiro atoms. The molecule has 2 aliphatic carbocycles. The Morgan fingerprint density at radius 1 is 0.460 bits per heavy atom. The number of hydrogen-bond acceptors (Lipinski definition) is 2. The molecule has 2 aliphatic rings. The summed E-state index contributed by atoms with van der Waals surface area (Å²) in [7, 11) is 0. The van der Waals surface area contributed by atoms with Crippen molar-refractivity contribution in [2.45, 2.75) is 38.0 Å². The lowest BCUT2D eigenvalue weighted by atomic mass is 9.80. The Balaban J connectivity index is 0.979. The normalized spacial score (nSPS) is 15.5. The lowest BCUT2D eigenvalue weighted by molar-refractivity contribution is 0.655. The summed E-state index contributed by atoms with van der Waals surface area (Å²) in [6.07, 6.45) is 2.02. The monoisotopic (exact) mass is 642 g/mol. The van der Waals surface area contributed by atoms with Gasteiger partial charge in [0, 0.05) is 32.9 Å². The van der Waals surface area contributed by atoms with Gasteiger partial charge in [0.25, 0.3) is 0 Å². The Kier molecular flexibility index (Phi) is 5.65. The molecule has 2 aromatic heterocycles. The molecule has 0 saturated heterocycles. The average Bonchev–Trinajstić information content (AvgIpc) is 3.87. The summed E-state index contributed by atoms with van der Waals surface area (Å²) in [5.41, 5.74) is 18.7. The van der Waals surface area contributed by atoms with E-state index in [1.54, 1.807) is 0 Å². The van der Waals surface area contributed by atoms with Gasteiger partial charge in [-0.1, -0.05) is 123 Å². The molecule has 2 heterocycles. The summed E-state index contributed by atoms with van der Waals surface area (Å²) in [5.74, 6) is 0.356. The van der Waals surface area contributed by atoms with Gasteiger partial charge in [-0.25, -0.2) is 0 Å². The molecule has 0 amide bonds. The number of furan rings is 2. The van der Waals surface area contributed by atoms with Crippen molar-refractivity contribution < 1.29 is 8.83 Å². The maximum Gasteiger partial charge on any atom is 0.136 e. The van der Waals surface area contributed by atoms with Crippen molar-refractivity contribution in [3.8, 4) is 33.4 Å². The van der Waals surface area contributed by atoms with E-state index in [4.69, 9.17) is 8.83 Å². The van der Waals surface area contributed by atoms with Gasteiger partial charge in [0.15, 0.2) is 0 Å². The summed E-state index contributed by atoms with van der Waals surface area (Å²) >= 11 is 0. The first-order valence-corrected chi connectivity index (χ1v) is 17.8. The molecule has 0 N–H and O–H groups in total. The number of hydrogen-bond donors (Lipinski definition) is 0. The third-order valence-corrected chi connectivity index (χ3v) is 11.7. The SMILES string of the molecule is CC1(C)c2ccccc2-c2cc3c(cc21)C(CCc1ccc2c(c1)oc1cccc(-c4cccc5oc6ccccc6c45)c12)c1ccccc1-3. The standard InChI is InChI=1S/C48H34O2/c1-48(2)40-17-7-5-13-32(40)39-26-37-30-12-4-3-11-29(30)31(38(37)27-41(39)48)23-21-28-22-24-36-45(25-28)50-44-20-10-16-34(47(36)44)33-15-9-19-43-46(33)35-14-6-8-18-42(35)49-43/h3-20,22,24-27,31H,21,23H2,1-2H3. The molecule has 9 aromatic rings. The smallest absolute Gasteiger partial charge is 0.136 e. The summed E-state index contributed by atoms with van der Waals surface area (Å²) in [6, 6.07) is 51.0. The molecule has 50 heavy (non-hydrogen) atoms. The number of para-hydroxylation sites is 1. The van der Waals surface area contributed by atoms with Crippen molar-refractivity contribution in [1.29, 1.82) is 0 Å². The van der Waals surface area contributed by atoms with Gasteiger partial charge in [-0.2, -0.15) is 0 Å². The highest BCUT2D eigenvalue weighted by atomic mass is 16.3. The molecule has 2 nitrogen and oxygen atoms in total. The molecule has 11 rings (SSSR count). The van der Waals surface area contributed by atoms with Crippen LogP contribution in [0.4, 0.5) is 0 Å². The molecule has 1 atom stereocenters. The number of benzene rings is 7. The van der Waals surface area contributed by atoms with E-state index in [2.05, 4.69) is 141 Å². The first-order valence-electron chi connectivity index (χ1n) is 17.8. The molecule has 0 aliphatic heterocycles. The predicted octanol–water partition coefficient (Wildman–Crippen LogP) is 13.2. The molecule has 0 saturated carbocycles. The molecular weight excluding hydrogens is 609 g/mol. The van der Waals surface area contributed by atoms with Crippen LogP contribution in [0.5, 0.6) is 0 Å². The third-order valence-electron chi connectivity index (χ3n) is 11.7. The largest absolute Gasteiger partial charge is 0.456 e. The van der Waals surface area contributed by atoms with E-state index >= 15 is 0 Å². The second-order valence-corrected chi connectivity index (χ2v) is 14.7. The zero-order chi connectivity index (χ0) is 33.1. The Hall–Kier alpha value is -5.86. The van der Waals surface area contributed by atoms with Crippen molar-refractivity contribution >= 4 is 43.9 Å². The minimum atomic E-state index is -0.0122. The van der Waals surface area contributed by atoms with Crippen LogP contribution in [0.1, 0.15) is 54.0 Å². The van der Waals surface area contributed by atoms with Crippen molar-refractivity contribution in [3.05, 3.63) is 167 Å². The van der Waals surface area contributed by atoms with Gasteiger partial charge < -0.3 is 8.83 Å². The van der Waals surface area contributed by atoms with Crippen LogP contribution in [0.15, 0.2) is 148 Å². The summed E-state index contributed by atoms with van der Waals surface area (Å²) in [6.45, 7) is 4.76. The van der Waals surface area contributed by atoms with E-state index in [-0.39, 0.29) is 5.41 Å². The van der Waals surface area contributed by atoms with E-state index < -0.39 is 0 Å². The van der Waals surface area contributed by atoms with E-state index in [1.165, 1.54) is 61.2 Å². The average molecular weight is 643 g/mol. The van der Waals surface area contributed by atoms with Crippen molar-refractivity contribution in [1.82, 2.24) is 0 Å². The van der Waals surface area contributed by atoms with Crippen molar-refractivity contribution in [2.24, 2.45) is 0 Å². The van der Waals surface area contributed by atoms with Crippen LogP contribution < -0.4 is 0 Å². The highest BCUT2D eigenvalue weighted by Gasteiger charge is 2.38. The van der Waals surface area contributed by atoms with Gasteiger partial charge in [0.05, 0.1) is 0 Å². The zero-order valence-electron chi connectivity index (χ0n) is 28.1. The molecule has 1 unspecified atom stereocenters. The highest BCUT2D eigenvalue weighted by molar-refractivity contribution is 6.19. The van der Waals surface area contributed by atoms with Gasteiger partial charge in [-0.3, -0.25) is 0 Å².